The van der Waals surface area contributed by atoms with E-state index in [2.05, 4.69) is 15.9 Å². The molecule has 0 N–H and O–H groups in total. The van der Waals surface area contributed by atoms with Gasteiger partial charge in [-0.05, 0) is 53.6 Å². The molecular formula is C24H18BrNO3S2. The zero-order chi connectivity index (χ0) is 21.8. The smallest absolute Gasteiger partial charge is 0.270 e. The van der Waals surface area contributed by atoms with Crippen LogP contribution in [0.5, 0.6) is 11.5 Å². The minimum Gasteiger partial charge on any atom is -0.493 e. The summed E-state index contributed by atoms with van der Waals surface area (Å²) in [7, 11) is 1.60. The van der Waals surface area contributed by atoms with E-state index < -0.39 is 0 Å². The fourth-order valence-corrected chi connectivity index (χ4v) is 4.62. The SMILES string of the molecule is COc1cc(C=C2SC(=S)N(c3ccccc3)C2=O)ccc1OCc1ccc(Br)cc1. The van der Waals surface area contributed by atoms with Crippen molar-refractivity contribution in [2.75, 3.05) is 12.0 Å². The van der Waals surface area contributed by atoms with Crippen LogP contribution in [0.15, 0.2) is 82.2 Å². The Balaban J connectivity index is 1.52. The Hall–Kier alpha value is -2.61. The van der Waals surface area contributed by atoms with Gasteiger partial charge in [0.15, 0.2) is 15.8 Å². The first-order chi connectivity index (χ1) is 15.0. The fraction of sp³-hybridized carbons (Fsp3) is 0.0833. The summed E-state index contributed by atoms with van der Waals surface area (Å²) in [5.74, 6) is 1.11. The molecule has 0 saturated carbocycles. The summed E-state index contributed by atoms with van der Waals surface area (Å²) in [4.78, 5) is 15.0. The quantitative estimate of drug-likeness (QED) is 0.281. The van der Waals surface area contributed by atoms with Gasteiger partial charge in [0.1, 0.15) is 6.61 Å². The molecule has 0 radical (unpaired) electrons. The summed E-state index contributed by atoms with van der Waals surface area (Å²) >= 11 is 10.2. The van der Waals surface area contributed by atoms with Gasteiger partial charge < -0.3 is 9.47 Å². The Bertz CT molecular complexity index is 1150. The van der Waals surface area contributed by atoms with Crippen LogP contribution in [0.4, 0.5) is 5.69 Å². The molecule has 1 saturated heterocycles. The van der Waals surface area contributed by atoms with Crippen LogP contribution in [0.2, 0.25) is 0 Å². The average Bonchev–Trinajstić information content (AvgIpc) is 3.07. The molecule has 4 rings (SSSR count). The third-order valence-electron chi connectivity index (χ3n) is 4.60. The van der Waals surface area contributed by atoms with Crippen LogP contribution in [0, 0.1) is 0 Å². The second-order valence-electron chi connectivity index (χ2n) is 6.68. The minimum absolute atomic E-state index is 0.129. The first-order valence-electron chi connectivity index (χ1n) is 9.43. The van der Waals surface area contributed by atoms with Crippen molar-refractivity contribution in [2.24, 2.45) is 0 Å². The molecule has 0 atom stereocenters. The monoisotopic (exact) mass is 511 g/mol. The van der Waals surface area contributed by atoms with Gasteiger partial charge in [0.25, 0.3) is 5.91 Å². The molecule has 0 spiro atoms. The van der Waals surface area contributed by atoms with Crippen LogP contribution in [-0.2, 0) is 11.4 Å². The van der Waals surface area contributed by atoms with Gasteiger partial charge in [-0.25, -0.2) is 0 Å². The number of carbonyl (C=O) groups is 1. The van der Waals surface area contributed by atoms with Gasteiger partial charge in [0.05, 0.1) is 17.7 Å². The van der Waals surface area contributed by atoms with Crippen LogP contribution < -0.4 is 14.4 Å². The Morgan fingerprint density at radius 2 is 1.77 bits per heavy atom. The Kier molecular flexibility index (Phi) is 6.75. The van der Waals surface area contributed by atoms with Crippen LogP contribution in [-0.4, -0.2) is 17.3 Å². The Morgan fingerprint density at radius 1 is 1.03 bits per heavy atom. The molecular weight excluding hydrogens is 494 g/mol. The third kappa shape index (κ3) is 5.01. The summed E-state index contributed by atoms with van der Waals surface area (Å²) in [6.07, 6.45) is 1.82. The summed E-state index contributed by atoms with van der Waals surface area (Å²) in [6, 6.07) is 23.0. The molecule has 0 unspecified atom stereocenters. The number of para-hydroxylation sites is 1. The van der Waals surface area contributed by atoms with Gasteiger partial charge >= 0.3 is 0 Å². The Labute approximate surface area is 199 Å². The maximum absolute atomic E-state index is 12.9. The summed E-state index contributed by atoms with van der Waals surface area (Å²) in [5.41, 5.74) is 2.66. The maximum Gasteiger partial charge on any atom is 0.270 e. The number of halogens is 1. The number of nitrogens with zero attached hydrogens (tertiary/aromatic N) is 1. The van der Waals surface area contributed by atoms with Gasteiger partial charge in [-0.15, -0.1) is 0 Å². The maximum atomic E-state index is 12.9. The first kappa shape index (κ1) is 21.6. The second-order valence-corrected chi connectivity index (χ2v) is 9.27. The average molecular weight is 512 g/mol. The molecule has 1 heterocycles. The van der Waals surface area contributed by atoms with Crippen LogP contribution in [0.3, 0.4) is 0 Å². The predicted octanol–water partition coefficient (Wildman–Crippen LogP) is 6.44. The number of anilines is 1. The van der Waals surface area contributed by atoms with Gasteiger partial charge in [-0.1, -0.05) is 76.3 Å². The number of hydrogen-bond donors (Lipinski definition) is 0. The van der Waals surface area contributed by atoms with Crippen molar-refractivity contribution in [2.45, 2.75) is 6.61 Å². The zero-order valence-electron chi connectivity index (χ0n) is 16.6. The van der Waals surface area contributed by atoms with E-state index in [1.165, 1.54) is 11.8 Å². The highest BCUT2D eigenvalue weighted by Crippen LogP contribution is 2.37. The van der Waals surface area contributed by atoms with Crippen molar-refractivity contribution in [1.29, 1.82) is 0 Å². The van der Waals surface area contributed by atoms with E-state index in [4.69, 9.17) is 21.7 Å². The highest BCUT2D eigenvalue weighted by atomic mass is 79.9. The van der Waals surface area contributed by atoms with E-state index in [9.17, 15) is 4.79 Å². The van der Waals surface area contributed by atoms with Crippen LogP contribution in [0.25, 0.3) is 6.08 Å². The van der Waals surface area contributed by atoms with E-state index in [0.717, 1.165) is 21.3 Å². The number of amides is 1. The van der Waals surface area contributed by atoms with E-state index in [1.54, 1.807) is 12.0 Å². The minimum atomic E-state index is -0.129. The van der Waals surface area contributed by atoms with Gasteiger partial charge in [-0.3, -0.25) is 9.69 Å². The molecule has 3 aromatic rings. The topological polar surface area (TPSA) is 38.8 Å². The van der Waals surface area contributed by atoms with Crippen molar-refractivity contribution >= 4 is 61.9 Å². The van der Waals surface area contributed by atoms with E-state index in [1.807, 2.05) is 78.9 Å². The predicted molar refractivity (Wildman–Crippen MR) is 134 cm³/mol. The van der Waals surface area contributed by atoms with E-state index in [0.29, 0.717) is 27.3 Å². The molecule has 0 aromatic heterocycles. The van der Waals surface area contributed by atoms with Crippen molar-refractivity contribution in [3.63, 3.8) is 0 Å². The molecule has 31 heavy (non-hydrogen) atoms. The van der Waals surface area contributed by atoms with Gasteiger partial charge in [-0.2, -0.15) is 0 Å². The number of thiocarbonyl (C=S) groups is 1. The van der Waals surface area contributed by atoms with Gasteiger partial charge in [0.2, 0.25) is 0 Å². The van der Waals surface area contributed by atoms with E-state index in [-0.39, 0.29) is 5.91 Å². The fourth-order valence-electron chi connectivity index (χ4n) is 3.05. The molecule has 156 valence electrons. The molecule has 1 aliphatic heterocycles. The lowest BCUT2D eigenvalue weighted by Crippen LogP contribution is -2.27. The summed E-state index contributed by atoms with van der Waals surface area (Å²) in [6.45, 7) is 0.429. The van der Waals surface area contributed by atoms with Crippen molar-refractivity contribution in [1.82, 2.24) is 0 Å². The van der Waals surface area contributed by atoms with Gasteiger partial charge in [0, 0.05) is 4.47 Å². The molecule has 0 aliphatic carbocycles. The highest BCUT2D eigenvalue weighted by molar-refractivity contribution is 9.10. The van der Waals surface area contributed by atoms with Crippen molar-refractivity contribution in [3.8, 4) is 11.5 Å². The van der Waals surface area contributed by atoms with Crippen molar-refractivity contribution < 1.29 is 14.3 Å². The number of benzene rings is 3. The lowest BCUT2D eigenvalue weighted by atomic mass is 10.1. The number of hydrogen-bond acceptors (Lipinski definition) is 5. The Morgan fingerprint density at radius 3 is 2.48 bits per heavy atom. The normalized spacial score (nSPS) is 14.9. The lowest BCUT2D eigenvalue weighted by molar-refractivity contribution is -0.113. The molecule has 7 heteroatoms. The second kappa shape index (κ2) is 9.68. The molecule has 3 aromatic carbocycles. The zero-order valence-corrected chi connectivity index (χ0v) is 19.8. The number of ether oxygens (including phenoxy) is 2. The highest BCUT2D eigenvalue weighted by Gasteiger charge is 2.33. The van der Waals surface area contributed by atoms with Crippen LogP contribution in [0.1, 0.15) is 11.1 Å². The summed E-state index contributed by atoms with van der Waals surface area (Å²) in [5, 5.41) is 0. The standard InChI is InChI=1S/C24H18BrNO3S2/c1-28-21-13-17(9-12-20(21)29-15-16-7-10-18(25)11-8-16)14-22-23(27)26(24(30)31-22)19-5-3-2-4-6-19/h2-14H,15H2,1H3. The number of rotatable bonds is 6. The third-order valence-corrected chi connectivity index (χ3v) is 6.43. The van der Waals surface area contributed by atoms with Crippen molar-refractivity contribution in [3.05, 3.63) is 93.3 Å². The first-order valence-corrected chi connectivity index (χ1v) is 11.5. The molecule has 4 nitrogen and oxygen atoms in total. The molecule has 1 fully saturated rings. The largest absolute Gasteiger partial charge is 0.493 e. The number of methoxy groups -OCH3 is 1. The number of thioether (sulfide) groups is 1. The summed E-state index contributed by atoms with van der Waals surface area (Å²) < 4.78 is 13.0. The molecule has 1 amide bonds. The molecule has 1 aliphatic rings. The number of carbonyl (C=O) groups excluding carboxylic acids is 1. The lowest BCUT2D eigenvalue weighted by Gasteiger charge is -2.14. The van der Waals surface area contributed by atoms with Crippen LogP contribution >= 0.6 is 39.9 Å². The van der Waals surface area contributed by atoms with E-state index >= 15 is 0 Å². The molecule has 0 bridgehead atoms.